The van der Waals surface area contributed by atoms with Gasteiger partial charge in [-0.3, -0.25) is 0 Å². The number of hydrogen-bond donors (Lipinski definition) is 0. The van der Waals surface area contributed by atoms with Crippen LogP contribution in [0.1, 0.15) is 11.1 Å². The predicted molar refractivity (Wildman–Crippen MR) is 237 cm³/mol. The largest absolute Gasteiger partial charge is 0.455 e. The minimum absolute atomic E-state index is 0.0736. The van der Waals surface area contributed by atoms with E-state index in [9.17, 15) is 10.5 Å². The molecule has 0 spiro atoms. The van der Waals surface area contributed by atoms with E-state index in [4.69, 9.17) is 22.0 Å². The Hall–Kier alpha value is -9.08. The molecule has 8 nitrogen and oxygen atoms in total. The van der Waals surface area contributed by atoms with Gasteiger partial charge in [-0.1, -0.05) is 84.9 Å². The van der Waals surface area contributed by atoms with E-state index >= 15 is 0 Å². The molecule has 0 aliphatic rings. The summed E-state index contributed by atoms with van der Waals surface area (Å²) in [7, 11) is 0. The van der Waals surface area contributed by atoms with E-state index in [0.29, 0.717) is 28.2 Å². The highest BCUT2D eigenvalue weighted by atomic mass is 16.3. The Bertz CT molecular complexity index is 4070. The van der Waals surface area contributed by atoms with Crippen LogP contribution < -0.4 is 0 Å². The number of aromatic nitrogens is 2. The maximum absolute atomic E-state index is 11.0. The fourth-order valence-electron chi connectivity index (χ4n) is 9.38. The summed E-state index contributed by atoms with van der Waals surface area (Å²) in [6, 6.07) is 51.7. The zero-order valence-corrected chi connectivity index (χ0v) is 31.4. The minimum atomic E-state index is 0.0736. The van der Waals surface area contributed by atoms with Crippen LogP contribution in [-0.2, 0) is 0 Å². The van der Waals surface area contributed by atoms with Gasteiger partial charge in [-0.15, -0.1) is 0 Å². The van der Waals surface area contributed by atoms with Crippen molar-refractivity contribution in [3.63, 3.8) is 0 Å². The maximum Gasteiger partial charge on any atom is 0.210 e. The molecule has 0 fully saturated rings. The summed E-state index contributed by atoms with van der Waals surface area (Å²) in [6.45, 7) is 16.8. The van der Waals surface area contributed by atoms with Crippen molar-refractivity contribution >= 4 is 98.9 Å². The third-order valence-corrected chi connectivity index (χ3v) is 11.9. The van der Waals surface area contributed by atoms with E-state index in [1.807, 2.05) is 112 Å². The molecule has 0 bridgehead atoms. The lowest BCUT2D eigenvalue weighted by molar-refractivity contribution is 0.672. The second-order valence-corrected chi connectivity index (χ2v) is 14.8. The molecule has 0 N–H and O–H groups in total. The fourth-order valence-corrected chi connectivity index (χ4v) is 9.38. The van der Waals surface area contributed by atoms with Gasteiger partial charge in [0.25, 0.3) is 0 Å². The molecule has 0 saturated carbocycles. The minimum Gasteiger partial charge on any atom is -0.455 e. The number of nitrogens with zero attached hydrogens (tertiary/aromatic N) is 6. The Morgan fingerprint density at radius 2 is 0.950 bits per heavy atom. The third kappa shape index (κ3) is 4.28. The van der Waals surface area contributed by atoms with Crippen molar-refractivity contribution in [1.82, 2.24) is 9.13 Å². The van der Waals surface area contributed by atoms with Gasteiger partial charge in [0.2, 0.25) is 5.69 Å². The van der Waals surface area contributed by atoms with Crippen molar-refractivity contribution in [3.8, 4) is 34.6 Å². The number of para-hydroxylation sites is 4. The molecule has 8 aromatic carbocycles. The van der Waals surface area contributed by atoms with Gasteiger partial charge in [-0.2, -0.15) is 10.5 Å². The first-order chi connectivity index (χ1) is 29.6. The molecule has 0 aliphatic carbocycles. The average Bonchev–Trinajstić information content (AvgIpc) is 4.05. The maximum atomic E-state index is 11.0. The van der Waals surface area contributed by atoms with E-state index in [-0.39, 0.29) is 16.8 Å². The molecule has 0 amide bonds. The van der Waals surface area contributed by atoms with Crippen molar-refractivity contribution in [1.29, 1.82) is 10.5 Å². The van der Waals surface area contributed by atoms with E-state index in [2.05, 4.69) is 46.1 Å². The summed E-state index contributed by atoms with van der Waals surface area (Å²) >= 11 is 0. The van der Waals surface area contributed by atoms with Crippen LogP contribution in [0.4, 0.5) is 11.4 Å². The molecule has 8 heteroatoms. The molecule has 4 aromatic heterocycles. The van der Waals surface area contributed by atoms with Crippen LogP contribution in [0.5, 0.6) is 0 Å². The van der Waals surface area contributed by atoms with Gasteiger partial charge in [0.15, 0.2) is 5.69 Å². The normalized spacial score (nSPS) is 11.6. The molecule has 0 aliphatic heterocycles. The number of rotatable bonds is 3. The van der Waals surface area contributed by atoms with Crippen molar-refractivity contribution in [2.75, 3.05) is 0 Å². The Morgan fingerprint density at radius 1 is 0.450 bits per heavy atom. The van der Waals surface area contributed by atoms with Crippen LogP contribution in [0, 0.1) is 35.8 Å². The zero-order valence-electron chi connectivity index (χ0n) is 31.4. The van der Waals surface area contributed by atoms with Gasteiger partial charge in [-0.25, -0.2) is 9.69 Å². The van der Waals surface area contributed by atoms with E-state index in [1.54, 1.807) is 18.2 Å². The van der Waals surface area contributed by atoms with Crippen molar-refractivity contribution < 1.29 is 8.83 Å². The van der Waals surface area contributed by atoms with Crippen LogP contribution in [0.2, 0.25) is 0 Å². The highest BCUT2D eigenvalue weighted by Gasteiger charge is 2.26. The Balaban J connectivity index is 1.13. The van der Waals surface area contributed by atoms with Crippen LogP contribution in [-0.4, -0.2) is 9.13 Å². The molecule has 274 valence electrons. The Kier molecular flexibility index (Phi) is 6.73. The summed E-state index contributed by atoms with van der Waals surface area (Å²) in [6.07, 6.45) is 0. The van der Waals surface area contributed by atoms with Crippen LogP contribution in [0.25, 0.3) is 120 Å². The number of nitriles is 2. The van der Waals surface area contributed by atoms with Crippen LogP contribution >= 0.6 is 0 Å². The number of fused-ring (bicyclic) bond motifs is 14. The van der Waals surface area contributed by atoms with E-state index < -0.39 is 0 Å². The summed E-state index contributed by atoms with van der Waals surface area (Å²) in [5, 5.41) is 29.6. The molecule has 0 radical (unpaired) electrons. The van der Waals surface area contributed by atoms with Crippen LogP contribution in [0.3, 0.4) is 0 Å². The lowest BCUT2D eigenvalue weighted by Crippen LogP contribution is -2.02. The van der Waals surface area contributed by atoms with Crippen molar-refractivity contribution in [3.05, 3.63) is 180 Å². The fraction of sp³-hybridized carbons (Fsp3) is 0. The van der Waals surface area contributed by atoms with Gasteiger partial charge in [0.05, 0.1) is 74.6 Å². The summed E-state index contributed by atoms with van der Waals surface area (Å²) in [5.74, 6) is 0. The highest BCUT2D eigenvalue weighted by molar-refractivity contribution is 6.25. The van der Waals surface area contributed by atoms with Gasteiger partial charge in [0, 0.05) is 37.9 Å². The molecular formula is C52H24N6O2. The van der Waals surface area contributed by atoms with Gasteiger partial charge in [-0.05, 0) is 66.2 Å². The summed E-state index contributed by atoms with van der Waals surface area (Å²) < 4.78 is 17.0. The van der Waals surface area contributed by atoms with E-state index in [1.165, 1.54) is 0 Å². The zero-order chi connectivity index (χ0) is 40.2. The third-order valence-electron chi connectivity index (χ3n) is 11.9. The first kappa shape index (κ1) is 33.1. The molecule has 12 rings (SSSR count). The smallest absolute Gasteiger partial charge is 0.210 e. The van der Waals surface area contributed by atoms with Gasteiger partial charge >= 0.3 is 0 Å². The first-order valence-corrected chi connectivity index (χ1v) is 19.2. The number of benzene rings is 8. The lowest BCUT2D eigenvalue weighted by atomic mass is 9.92. The molecule has 0 atom stereocenters. The van der Waals surface area contributed by atoms with Crippen molar-refractivity contribution in [2.45, 2.75) is 0 Å². The van der Waals surface area contributed by atoms with Gasteiger partial charge < -0.3 is 18.0 Å². The highest BCUT2D eigenvalue weighted by Crippen LogP contribution is 2.47. The molecule has 0 saturated heterocycles. The number of hydrogen-bond acceptors (Lipinski definition) is 4. The van der Waals surface area contributed by atoms with Crippen LogP contribution in [0.15, 0.2) is 154 Å². The Morgan fingerprint density at radius 3 is 1.48 bits per heavy atom. The summed E-state index contributed by atoms with van der Waals surface area (Å²) in [5.41, 5.74) is 8.97. The molecule has 12 aromatic rings. The molecule has 0 unspecified atom stereocenters. The van der Waals surface area contributed by atoms with Gasteiger partial charge in [0.1, 0.15) is 28.4 Å². The summed E-state index contributed by atoms with van der Waals surface area (Å²) in [4.78, 5) is 7.96. The Labute approximate surface area is 340 Å². The first-order valence-electron chi connectivity index (χ1n) is 19.2. The molecule has 4 heterocycles. The van der Waals surface area contributed by atoms with Crippen molar-refractivity contribution in [2.24, 2.45) is 0 Å². The second-order valence-electron chi connectivity index (χ2n) is 14.8. The quantitative estimate of drug-likeness (QED) is 0.167. The van der Waals surface area contributed by atoms with E-state index in [0.717, 1.165) is 87.5 Å². The SMILES string of the molecule is [C-]#[N+]c1ccc(-c2c([N+]#[C-])cc(-n3c4ccccc4c4c5oc6ccccc6c5ccc43)c(C#N)c2C#N)cc1-n1c2ccccc2c2c3oc4ccccc4c3ccc21. The topological polar surface area (TPSA) is 92.4 Å². The predicted octanol–water partition coefficient (Wildman–Crippen LogP) is 14.2. The average molecular weight is 765 g/mol. The second kappa shape index (κ2) is 12.2. The monoisotopic (exact) mass is 764 g/mol. The molecular weight excluding hydrogens is 741 g/mol. The standard InChI is InChI=1S/C52H24N6O2/c1-55-38-22-19-29(25-45(38)58-41-16-8-4-14-35(41)50-43(58)24-21-33-31-12-6-10-18-47(31)60-52(33)50)48-37(28-54)36(27-53)44(26-39(48)56-2)57-40-15-7-3-13-34(40)49-42(57)23-20-32-30-11-5-9-17-46(30)59-51(32)49/h3-26H. The lowest BCUT2D eigenvalue weighted by Gasteiger charge is -2.17. The molecule has 60 heavy (non-hydrogen) atoms. The number of furan rings is 2.